The molecule has 0 fully saturated rings. The van der Waals surface area contributed by atoms with Crippen LogP contribution in [0.2, 0.25) is 5.02 Å². The molecule has 0 unspecified atom stereocenters. The van der Waals surface area contributed by atoms with Crippen molar-refractivity contribution < 1.29 is 8.42 Å². The van der Waals surface area contributed by atoms with Gasteiger partial charge in [0.1, 0.15) is 0 Å². The summed E-state index contributed by atoms with van der Waals surface area (Å²) < 4.78 is 25.9. The Hall–Kier alpha value is -0.580. The molecule has 0 atom stereocenters. The summed E-state index contributed by atoms with van der Waals surface area (Å²) >= 11 is 5.67. The summed E-state index contributed by atoms with van der Waals surface area (Å²) in [4.78, 5) is 0.243. The first-order chi connectivity index (χ1) is 6.92. The van der Waals surface area contributed by atoms with Gasteiger partial charge in [-0.05, 0) is 30.2 Å². The van der Waals surface area contributed by atoms with Crippen molar-refractivity contribution in [3.05, 3.63) is 29.3 Å². The van der Waals surface area contributed by atoms with E-state index in [-0.39, 0.29) is 10.8 Å². The van der Waals surface area contributed by atoms with Crippen LogP contribution in [0.5, 0.6) is 0 Å². The first-order valence-corrected chi connectivity index (χ1v) is 6.53. The zero-order valence-electron chi connectivity index (χ0n) is 8.70. The number of hydrogen-bond donors (Lipinski definition) is 1. The van der Waals surface area contributed by atoms with Gasteiger partial charge in [-0.1, -0.05) is 25.4 Å². The molecule has 1 aromatic carbocycles. The number of halogens is 1. The summed E-state index contributed by atoms with van der Waals surface area (Å²) in [6.07, 6.45) is 0. The molecule has 0 radical (unpaired) electrons. The van der Waals surface area contributed by atoms with Gasteiger partial charge in [0.15, 0.2) is 0 Å². The number of rotatable bonds is 4. The Balaban J connectivity index is 2.82. The van der Waals surface area contributed by atoms with E-state index < -0.39 is 10.0 Å². The maximum atomic E-state index is 11.7. The van der Waals surface area contributed by atoms with Gasteiger partial charge in [0, 0.05) is 11.6 Å². The third kappa shape index (κ3) is 3.81. The number of nitrogens with one attached hydrogen (secondary N) is 1. The normalized spacial score (nSPS) is 12.0. The molecule has 0 amide bonds. The predicted octanol–water partition coefficient (Wildman–Crippen LogP) is 2.27. The van der Waals surface area contributed by atoms with E-state index >= 15 is 0 Å². The van der Waals surface area contributed by atoms with Crippen molar-refractivity contribution >= 4 is 21.6 Å². The Morgan fingerprint density at radius 3 is 2.27 bits per heavy atom. The van der Waals surface area contributed by atoms with Crippen molar-refractivity contribution in [2.75, 3.05) is 6.54 Å². The molecule has 1 N–H and O–H groups in total. The second-order valence-corrected chi connectivity index (χ2v) is 5.90. The summed E-state index contributed by atoms with van der Waals surface area (Å²) in [7, 11) is -3.38. The molecule has 0 spiro atoms. The quantitative estimate of drug-likeness (QED) is 0.887. The van der Waals surface area contributed by atoms with Crippen molar-refractivity contribution in [2.45, 2.75) is 18.7 Å². The van der Waals surface area contributed by atoms with Crippen LogP contribution in [-0.4, -0.2) is 15.0 Å². The number of hydrogen-bond acceptors (Lipinski definition) is 2. The van der Waals surface area contributed by atoms with E-state index in [2.05, 4.69) is 4.72 Å². The molecule has 0 heterocycles. The van der Waals surface area contributed by atoms with E-state index in [1.54, 1.807) is 12.1 Å². The second-order valence-electron chi connectivity index (χ2n) is 3.70. The molecule has 0 aromatic heterocycles. The smallest absolute Gasteiger partial charge is 0.211 e. The third-order valence-electron chi connectivity index (χ3n) is 1.81. The van der Waals surface area contributed by atoms with Gasteiger partial charge in [-0.3, -0.25) is 0 Å². The van der Waals surface area contributed by atoms with E-state index in [1.807, 2.05) is 13.8 Å². The van der Waals surface area contributed by atoms with Crippen LogP contribution in [0.4, 0.5) is 0 Å². The lowest BCUT2D eigenvalue weighted by atomic mass is 10.2. The lowest BCUT2D eigenvalue weighted by molar-refractivity contribution is 0.560. The largest absolute Gasteiger partial charge is 0.240 e. The van der Waals surface area contributed by atoms with Crippen molar-refractivity contribution in [1.29, 1.82) is 0 Å². The number of benzene rings is 1. The molecule has 5 heteroatoms. The van der Waals surface area contributed by atoms with Crippen LogP contribution in [0.25, 0.3) is 0 Å². The summed E-state index contributed by atoms with van der Waals surface area (Å²) in [5.74, 6) is 0.284. The van der Waals surface area contributed by atoms with Gasteiger partial charge in [-0.15, -0.1) is 0 Å². The van der Waals surface area contributed by atoms with Crippen LogP contribution >= 0.6 is 11.6 Å². The molecule has 0 saturated carbocycles. The van der Waals surface area contributed by atoms with Gasteiger partial charge >= 0.3 is 0 Å². The van der Waals surface area contributed by atoms with Crippen molar-refractivity contribution in [3.8, 4) is 0 Å². The van der Waals surface area contributed by atoms with Crippen LogP contribution in [-0.2, 0) is 10.0 Å². The fourth-order valence-corrected chi connectivity index (χ4v) is 2.31. The molecule has 1 rings (SSSR count). The summed E-state index contributed by atoms with van der Waals surface area (Å²) in [5, 5.41) is 0.526. The van der Waals surface area contributed by atoms with Crippen molar-refractivity contribution in [1.82, 2.24) is 4.72 Å². The van der Waals surface area contributed by atoms with Gasteiger partial charge in [0.25, 0.3) is 0 Å². The Bertz CT molecular complexity index is 412. The van der Waals surface area contributed by atoms with E-state index in [1.165, 1.54) is 12.1 Å². The van der Waals surface area contributed by atoms with E-state index in [9.17, 15) is 8.42 Å². The summed E-state index contributed by atoms with van der Waals surface area (Å²) in [6.45, 7) is 4.33. The average Bonchev–Trinajstić information content (AvgIpc) is 2.16. The van der Waals surface area contributed by atoms with Crippen LogP contribution in [0.15, 0.2) is 29.2 Å². The fraction of sp³-hybridized carbons (Fsp3) is 0.400. The fourth-order valence-electron chi connectivity index (χ4n) is 0.973. The lowest BCUT2D eigenvalue weighted by Gasteiger charge is -2.08. The SMILES string of the molecule is CC(C)CNS(=O)(=O)c1ccc(Cl)cc1. The van der Waals surface area contributed by atoms with Gasteiger partial charge in [0.05, 0.1) is 4.90 Å². The van der Waals surface area contributed by atoms with Crippen LogP contribution in [0, 0.1) is 5.92 Å². The summed E-state index contributed by atoms with van der Waals surface area (Å²) in [6, 6.07) is 6.10. The Labute approximate surface area is 95.5 Å². The van der Waals surface area contributed by atoms with Crippen molar-refractivity contribution in [2.24, 2.45) is 5.92 Å². The summed E-state index contributed by atoms with van der Waals surface area (Å²) in [5.41, 5.74) is 0. The predicted molar refractivity (Wildman–Crippen MR) is 61.5 cm³/mol. The Morgan fingerprint density at radius 1 is 1.27 bits per heavy atom. The second kappa shape index (κ2) is 4.96. The van der Waals surface area contributed by atoms with Crippen LogP contribution < -0.4 is 4.72 Å². The molecule has 1 aromatic rings. The topological polar surface area (TPSA) is 46.2 Å². The molecular formula is C10H14ClNO2S. The highest BCUT2D eigenvalue weighted by Gasteiger charge is 2.13. The molecule has 0 aliphatic heterocycles. The Morgan fingerprint density at radius 2 is 1.80 bits per heavy atom. The molecule has 3 nitrogen and oxygen atoms in total. The minimum atomic E-state index is -3.38. The Kier molecular flexibility index (Phi) is 4.13. The van der Waals surface area contributed by atoms with Gasteiger partial charge in [0.2, 0.25) is 10.0 Å². The monoisotopic (exact) mass is 247 g/mol. The van der Waals surface area contributed by atoms with Gasteiger partial charge < -0.3 is 0 Å². The first kappa shape index (κ1) is 12.5. The number of sulfonamides is 1. The van der Waals surface area contributed by atoms with Gasteiger partial charge in [-0.2, -0.15) is 0 Å². The zero-order chi connectivity index (χ0) is 11.5. The van der Waals surface area contributed by atoms with Crippen LogP contribution in [0.1, 0.15) is 13.8 Å². The minimum absolute atomic E-state index is 0.243. The van der Waals surface area contributed by atoms with E-state index in [4.69, 9.17) is 11.6 Å². The van der Waals surface area contributed by atoms with E-state index in [0.717, 1.165) is 0 Å². The average molecular weight is 248 g/mol. The molecule has 15 heavy (non-hydrogen) atoms. The molecular weight excluding hydrogens is 234 g/mol. The molecule has 84 valence electrons. The maximum Gasteiger partial charge on any atom is 0.240 e. The highest BCUT2D eigenvalue weighted by Crippen LogP contribution is 2.13. The maximum absolute atomic E-state index is 11.7. The van der Waals surface area contributed by atoms with Gasteiger partial charge in [-0.25, -0.2) is 13.1 Å². The third-order valence-corrected chi connectivity index (χ3v) is 3.50. The zero-order valence-corrected chi connectivity index (χ0v) is 10.3. The molecule has 0 aliphatic rings. The molecule has 0 bridgehead atoms. The van der Waals surface area contributed by atoms with Crippen molar-refractivity contribution in [3.63, 3.8) is 0 Å². The van der Waals surface area contributed by atoms with Crippen LogP contribution in [0.3, 0.4) is 0 Å². The van der Waals surface area contributed by atoms with E-state index in [0.29, 0.717) is 11.6 Å². The molecule has 0 aliphatic carbocycles. The standard InChI is InChI=1S/C10H14ClNO2S/c1-8(2)7-12-15(13,14)10-5-3-9(11)4-6-10/h3-6,8,12H,7H2,1-2H3. The molecule has 0 saturated heterocycles. The highest BCUT2D eigenvalue weighted by molar-refractivity contribution is 7.89. The highest BCUT2D eigenvalue weighted by atomic mass is 35.5. The minimum Gasteiger partial charge on any atom is -0.211 e. The lowest BCUT2D eigenvalue weighted by Crippen LogP contribution is -2.27. The first-order valence-electron chi connectivity index (χ1n) is 4.67.